The van der Waals surface area contributed by atoms with E-state index in [4.69, 9.17) is 5.26 Å². The number of hydrogen-bond donors (Lipinski definition) is 3. The number of hydrogen-bond acceptors (Lipinski definition) is 5. The predicted molar refractivity (Wildman–Crippen MR) is 112 cm³/mol. The third-order valence-corrected chi connectivity index (χ3v) is 5.38. The van der Waals surface area contributed by atoms with Gasteiger partial charge in [0.15, 0.2) is 5.82 Å². The van der Waals surface area contributed by atoms with E-state index in [2.05, 4.69) is 20.8 Å². The molecule has 9 heteroatoms. The first-order chi connectivity index (χ1) is 14.5. The minimum absolute atomic E-state index is 0.135. The van der Waals surface area contributed by atoms with Crippen LogP contribution in [0.4, 0.5) is 15.9 Å². The molecular formula is C21H14FN5O2S. The molecule has 0 saturated carbocycles. The van der Waals surface area contributed by atoms with Crippen molar-refractivity contribution >= 4 is 44.9 Å². The zero-order valence-corrected chi connectivity index (χ0v) is 16.2. The third-order valence-electron chi connectivity index (χ3n) is 4.34. The Kier molecular flexibility index (Phi) is 5.24. The van der Waals surface area contributed by atoms with Gasteiger partial charge in [0, 0.05) is 0 Å². The maximum Gasteiger partial charge on any atom is 0.265 e. The summed E-state index contributed by atoms with van der Waals surface area (Å²) in [4.78, 5) is 25.9. The number of nitriles is 1. The minimum atomic E-state index is -0.452. The number of benzene rings is 2. The van der Waals surface area contributed by atoms with Crippen LogP contribution in [-0.2, 0) is 11.2 Å². The van der Waals surface area contributed by atoms with E-state index in [0.717, 1.165) is 0 Å². The van der Waals surface area contributed by atoms with E-state index in [0.29, 0.717) is 26.3 Å². The number of aromatic amines is 1. The molecule has 7 nitrogen and oxygen atoms in total. The van der Waals surface area contributed by atoms with Gasteiger partial charge in [-0.3, -0.25) is 14.7 Å². The van der Waals surface area contributed by atoms with Crippen molar-refractivity contribution in [2.75, 3.05) is 10.6 Å². The number of halogens is 1. The first-order valence-corrected chi connectivity index (χ1v) is 9.68. The summed E-state index contributed by atoms with van der Waals surface area (Å²) in [5, 5.41) is 21.9. The molecule has 0 aliphatic carbocycles. The van der Waals surface area contributed by atoms with Crippen LogP contribution in [0, 0.1) is 17.1 Å². The van der Waals surface area contributed by atoms with Crippen LogP contribution in [0.1, 0.15) is 20.8 Å². The summed E-state index contributed by atoms with van der Waals surface area (Å²) in [6, 6.07) is 16.4. The maximum atomic E-state index is 13.7. The molecule has 0 bridgehead atoms. The minimum Gasteiger partial charge on any atom is -0.320 e. The number of fused-ring (bicyclic) bond motifs is 1. The number of H-pyrrole nitrogens is 1. The number of aromatic nitrogens is 2. The van der Waals surface area contributed by atoms with Crippen LogP contribution in [0.3, 0.4) is 0 Å². The molecule has 0 saturated heterocycles. The van der Waals surface area contributed by atoms with Crippen molar-refractivity contribution in [1.29, 1.82) is 5.26 Å². The molecule has 2 heterocycles. The van der Waals surface area contributed by atoms with Crippen LogP contribution in [0.5, 0.6) is 0 Å². The quantitative estimate of drug-likeness (QED) is 0.453. The number of carbonyl (C=O) groups is 2. The van der Waals surface area contributed by atoms with Gasteiger partial charge in [-0.15, -0.1) is 11.3 Å². The Hall–Kier alpha value is -4.03. The smallest absolute Gasteiger partial charge is 0.265 e. The molecular weight excluding hydrogens is 405 g/mol. The van der Waals surface area contributed by atoms with E-state index in [1.54, 1.807) is 48.5 Å². The molecule has 3 N–H and O–H groups in total. The van der Waals surface area contributed by atoms with Crippen molar-refractivity contribution in [3.63, 3.8) is 0 Å². The summed E-state index contributed by atoms with van der Waals surface area (Å²) in [5.74, 6) is -0.990. The third kappa shape index (κ3) is 3.90. The fraction of sp³-hybridized carbons (Fsp3) is 0.0476. The summed E-state index contributed by atoms with van der Waals surface area (Å²) in [5.41, 5.74) is 1.05. The van der Waals surface area contributed by atoms with Gasteiger partial charge in [-0.05, 0) is 29.8 Å². The molecule has 0 unspecified atom stereocenters. The Morgan fingerprint density at radius 2 is 1.90 bits per heavy atom. The highest BCUT2D eigenvalue weighted by atomic mass is 32.1. The topological polar surface area (TPSA) is 111 Å². The zero-order chi connectivity index (χ0) is 21.1. The molecule has 4 rings (SSSR count). The molecule has 0 fully saturated rings. The van der Waals surface area contributed by atoms with Crippen molar-refractivity contribution < 1.29 is 14.0 Å². The van der Waals surface area contributed by atoms with Gasteiger partial charge < -0.3 is 10.6 Å². The van der Waals surface area contributed by atoms with Gasteiger partial charge >= 0.3 is 0 Å². The Balaban J connectivity index is 1.51. The van der Waals surface area contributed by atoms with Gasteiger partial charge in [0.1, 0.15) is 16.7 Å². The van der Waals surface area contributed by atoms with Crippen molar-refractivity contribution in [2.45, 2.75) is 6.42 Å². The molecule has 0 aliphatic heterocycles. The lowest BCUT2D eigenvalue weighted by Crippen LogP contribution is -2.15. The maximum absolute atomic E-state index is 13.7. The number of anilines is 2. The lowest BCUT2D eigenvalue weighted by molar-refractivity contribution is -0.115. The average molecular weight is 419 g/mol. The SMILES string of the molecule is N#Cc1ccccc1NC(=O)c1cc2c(NC(=O)Cc3ccccc3F)n[nH]c2s1. The van der Waals surface area contributed by atoms with Crippen LogP contribution in [0.15, 0.2) is 54.6 Å². The van der Waals surface area contributed by atoms with E-state index in [-0.39, 0.29) is 23.7 Å². The van der Waals surface area contributed by atoms with Gasteiger partial charge in [0.2, 0.25) is 5.91 Å². The Morgan fingerprint density at radius 1 is 1.13 bits per heavy atom. The van der Waals surface area contributed by atoms with Crippen LogP contribution in [-0.4, -0.2) is 22.0 Å². The van der Waals surface area contributed by atoms with Crippen LogP contribution < -0.4 is 10.6 Å². The molecule has 2 aromatic heterocycles. The standard InChI is InChI=1S/C21H14FN5O2S/c22-15-7-3-1-5-12(15)9-18(28)25-19-14-10-17(30-21(14)27-26-19)20(29)24-16-8-4-2-6-13(16)11-23/h1-8,10H,9H2,(H,24,29)(H2,25,26,27,28). The van der Waals surface area contributed by atoms with Crippen molar-refractivity contribution in [3.05, 3.63) is 76.4 Å². The number of carbonyl (C=O) groups excluding carboxylic acids is 2. The monoisotopic (exact) mass is 419 g/mol. The first kappa shape index (κ1) is 19.3. The summed E-state index contributed by atoms with van der Waals surface area (Å²) in [7, 11) is 0. The second-order valence-electron chi connectivity index (χ2n) is 6.35. The molecule has 0 spiro atoms. The fourth-order valence-corrected chi connectivity index (χ4v) is 3.79. The van der Waals surface area contributed by atoms with Crippen molar-refractivity contribution in [1.82, 2.24) is 10.2 Å². The lowest BCUT2D eigenvalue weighted by Gasteiger charge is -2.05. The summed E-state index contributed by atoms with van der Waals surface area (Å²) in [6.45, 7) is 0. The van der Waals surface area contributed by atoms with Crippen LogP contribution >= 0.6 is 11.3 Å². The lowest BCUT2D eigenvalue weighted by atomic mass is 10.1. The highest BCUT2D eigenvalue weighted by Crippen LogP contribution is 2.30. The first-order valence-electron chi connectivity index (χ1n) is 8.87. The number of nitrogens with one attached hydrogen (secondary N) is 3. The Morgan fingerprint density at radius 3 is 2.70 bits per heavy atom. The summed E-state index contributed by atoms with van der Waals surface area (Å²) in [6.07, 6.45) is -0.135. The number of thiophene rings is 1. The predicted octanol–water partition coefficient (Wildman–Crippen LogP) is 4.07. The highest BCUT2D eigenvalue weighted by molar-refractivity contribution is 7.20. The molecule has 4 aromatic rings. The Bertz CT molecular complexity index is 1300. The van der Waals surface area contributed by atoms with E-state index >= 15 is 0 Å². The Labute approximate surface area is 174 Å². The molecule has 148 valence electrons. The number of nitrogens with zero attached hydrogens (tertiary/aromatic N) is 2. The second-order valence-corrected chi connectivity index (χ2v) is 7.41. The summed E-state index contributed by atoms with van der Waals surface area (Å²) < 4.78 is 13.7. The molecule has 2 aromatic carbocycles. The fourth-order valence-electron chi connectivity index (χ4n) is 2.89. The average Bonchev–Trinajstić information content (AvgIpc) is 3.32. The van der Waals surface area contributed by atoms with E-state index in [1.807, 2.05) is 6.07 Å². The molecule has 30 heavy (non-hydrogen) atoms. The van der Waals surface area contributed by atoms with Gasteiger partial charge in [0.25, 0.3) is 5.91 Å². The van der Waals surface area contributed by atoms with Gasteiger partial charge in [-0.1, -0.05) is 30.3 Å². The number of rotatable bonds is 5. The number of amides is 2. The number of para-hydroxylation sites is 1. The normalized spacial score (nSPS) is 10.5. The second kappa shape index (κ2) is 8.14. The summed E-state index contributed by atoms with van der Waals surface area (Å²) >= 11 is 1.17. The molecule has 0 radical (unpaired) electrons. The molecule has 0 atom stereocenters. The van der Waals surface area contributed by atoms with Gasteiger partial charge in [-0.2, -0.15) is 10.4 Å². The van der Waals surface area contributed by atoms with Crippen molar-refractivity contribution in [2.24, 2.45) is 0 Å². The van der Waals surface area contributed by atoms with E-state index in [1.165, 1.54) is 17.4 Å². The van der Waals surface area contributed by atoms with Crippen LogP contribution in [0.2, 0.25) is 0 Å². The molecule has 2 amide bonds. The van der Waals surface area contributed by atoms with E-state index in [9.17, 15) is 14.0 Å². The molecule has 0 aliphatic rings. The zero-order valence-electron chi connectivity index (χ0n) is 15.4. The van der Waals surface area contributed by atoms with E-state index < -0.39 is 11.7 Å². The van der Waals surface area contributed by atoms with Gasteiger partial charge in [-0.25, -0.2) is 4.39 Å². The van der Waals surface area contributed by atoms with Crippen LogP contribution in [0.25, 0.3) is 10.2 Å². The van der Waals surface area contributed by atoms with Crippen molar-refractivity contribution in [3.8, 4) is 6.07 Å². The largest absolute Gasteiger partial charge is 0.320 e. The highest BCUT2D eigenvalue weighted by Gasteiger charge is 2.18. The van der Waals surface area contributed by atoms with Gasteiger partial charge in [0.05, 0.1) is 27.9 Å².